The van der Waals surface area contributed by atoms with E-state index in [-0.39, 0.29) is 19.5 Å². The van der Waals surface area contributed by atoms with Gasteiger partial charge < -0.3 is 5.11 Å². The van der Waals surface area contributed by atoms with Gasteiger partial charge in [-0.2, -0.15) is 17.5 Å². The summed E-state index contributed by atoms with van der Waals surface area (Å²) in [5, 5.41) is 8.85. The van der Waals surface area contributed by atoms with E-state index in [0.29, 0.717) is 6.07 Å². The standard InChI is InChI=1S/C12H12F3NO4S/c13-12(14,15)9-3-1-2-4-10(9)21(19,20)16-6-5-8(7-16)11(17)18/h1-4,8H,5-7H2,(H,17,18)/t8-/m1/s1. The van der Waals surface area contributed by atoms with Crippen LogP contribution < -0.4 is 0 Å². The molecule has 0 aromatic heterocycles. The number of carboxylic acids is 1. The summed E-state index contributed by atoms with van der Waals surface area (Å²) in [4.78, 5) is 9.99. The van der Waals surface area contributed by atoms with Crippen molar-refractivity contribution in [1.82, 2.24) is 4.31 Å². The van der Waals surface area contributed by atoms with Crippen LogP contribution in [0, 0.1) is 5.92 Å². The number of hydrogen-bond donors (Lipinski definition) is 1. The zero-order valence-corrected chi connectivity index (χ0v) is 11.5. The van der Waals surface area contributed by atoms with Crippen molar-refractivity contribution in [2.24, 2.45) is 5.92 Å². The van der Waals surface area contributed by atoms with Crippen LogP contribution >= 0.6 is 0 Å². The smallest absolute Gasteiger partial charge is 0.417 e. The molecule has 0 saturated carbocycles. The van der Waals surface area contributed by atoms with Crippen LogP contribution in [-0.2, 0) is 21.0 Å². The Morgan fingerprint density at radius 2 is 1.90 bits per heavy atom. The lowest BCUT2D eigenvalue weighted by atomic mass is 10.1. The highest BCUT2D eigenvalue weighted by atomic mass is 32.2. The Kier molecular flexibility index (Phi) is 3.98. The minimum Gasteiger partial charge on any atom is -0.481 e. The Bertz CT molecular complexity index is 657. The molecule has 0 amide bonds. The lowest BCUT2D eigenvalue weighted by molar-refractivity contribution is -0.141. The monoisotopic (exact) mass is 323 g/mol. The van der Waals surface area contributed by atoms with Crippen molar-refractivity contribution in [2.45, 2.75) is 17.5 Å². The summed E-state index contributed by atoms with van der Waals surface area (Å²) in [5.41, 5.74) is -1.25. The molecule has 5 nitrogen and oxygen atoms in total. The quantitative estimate of drug-likeness (QED) is 0.920. The van der Waals surface area contributed by atoms with Gasteiger partial charge >= 0.3 is 12.1 Å². The van der Waals surface area contributed by atoms with Gasteiger partial charge in [0.2, 0.25) is 10.0 Å². The van der Waals surface area contributed by atoms with Gasteiger partial charge in [0.05, 0.1) is 16.4 Å². The Balaban J connectivity index is 2.40. The van der Waals surface area contributed by atoms with Gasteiger partial charge in [-0.3, -0.25) is 4.79 Å². The van der Waals surface area contributed by atoms with Gasteiger partial charge in [-0.05, 0) is 18.6 Å². The van der Waals surface area contributed by atoms with E-state index in [9.17, 15) is 26.4 Å². The van der Waals surface area contributed by atoms with Crippen LogP contribution in [0.3, 0.4) is 0 Å². The van der Waals surface area contributed by atoms with Gasteiger partial charge in [-0.1, -0.05) is 12.1 Å². The van der Waals surface area contributed by atoms with Crippen molar-refractivity contribution in [1.29, 1.82) is 0 Å². The van der Waals surface area contributed by atoms with E-state index in [1.165, 1.54) is 6.07 Å². The van der Waals surface area contributed by atoms with Crippen molar-refractivity contribution in [3.8, 4) is 0 Å². The second-order valence-electron chi connectivity index (χ2n) is 4.68. The van der Waals surface area contributed by atoms with Crippen LogP contribution in [0.15, 0.2) is 29.2 Å². The van der Waals surface area contributed by atoms with Gasteiger partial charge in [0.25, 0.3) is 0 Å². The zero-order valence-electron chi connectivity index (χ0n) is 10.7. The predicted octanol–water partition coefficient (Wildman–Crippen LogP) is 1.80. The molecule has 0 unspecified atom stereocenters. The molecule has 116 valence electrons. The topological polar surface area (TPSA) is 74.7 Å². The van der Waals surface area contributed by atoms with Crippen LogP contribution in [0.1, 0.15) is 12.0 Å². The molecule has 0 radical (unpaired) electrons. The van der Waals surface area contributed by atoms with Crippen LogP contribution in [0.25, 0.3) is 0 Å². The fourth-order valence-electron chi connectivity index (χ4n) is 2.21. The van der Waals surface area contributed by atoms with Crippen molar-refractivity contribution < 1.29 is 31.5 Å². The third-order valence-electron chi connectivity index (χ3n) is 3.31. The fourth-order valence-corrected chi connectivity index (χ4v) is 3.93. The molecule has 1 aromatic carbocycles. The summed E-state index contributed by atoms with van der Waals surface area (Å²) in [7, 11) is -4.37. The number of alkyl halides is 3. The van der Waals surface area contributed by atoms with E-state index in [1.807, 2.05) is 0 Å². The lowest BCUT2D eigenvalue weighted by Crippen LogP contribution is -2.31. The van der Waals surface area contributed by atoms with Gasteiger partial charge in [0.15, 0.2) is 0 Å². The largest absolute Gasteiger partial charge is 0.481 e. The average Bonchev–Trinajstić information content (AvgIpc) is 2.88. The highest BCUT2D eigenvalue weighted by molar-refractivity contribution is 7.89. The van der Waals surface area contributed by atoms with Gasteiger partial charge in [-0.15, -0.1) is 0 Å². The van der Waals surface area contributed by atoms with Crippen LogP contribution in [-0.4, -0.2) is 36.9 Å². The molecule has 1 N–H and O–H groups in total. The minimum absolute atomic E-state index is 0.0861. The van der Waals surface area contributed by atoms with Crippen LogP contribution in [0.2, 0.25) is 0 Å². The maximum atomic E-state index is 12.9. The molecule has 21 heavy (non-hydrogen) atoms. The molecule has 9 heteroatoms. The Morgan fingerprint density at radius 3 is 2.43 bits per heavy atom. The van der Waals surface area contributed by atoms with Crippen LogP contribution in [0.5, 0.6) is 0 Å². The predicted molar refractivity (Wildman–Crippen MR) is 65.9 cm³/mol. The molecular formula is C12H12F3NO4S. The van der Waals surface area contributed by atoms with Crippen LogP contribution in [0.4, 0.5) is 13.2 Å². The maximum absolute atomic E-state index is 12.9. The SMILES string of the molecule is O=C(O)[C@@H]1CCN(S(=O)(=O)c2ccccc2C(F)(F)F)C1. The third kappa shape index (κ3) is 3.03. The van der Waals surface area contributed by atoms with E-state index in [2.05, 4.69) is 0 Å². The Labute approximate surface area is 119 Å². The first-order chi connectivity index (χ1) is 9.64. The van der Waals surface area contributed by atoms with Crippen molar-refractivity contribution in [3.63, 3.8) is 0 Å². The Morgan fingerprint density at radius 1 is 1.29 bits per heavy atom. The second-order valence-corrected chi connectivity index (χ2v) is 6.59. The number of nitrogens with zero attached hydrogens (tertiary/aromatic N) is 1. The number of hydrogen-bond acceptors (Lipinski definition) is 3. The molecule has 0 bridgehead atoms. The first kappa shape index (κ1) is 15.8. The third-order valence-corrected chi connectivity index (χ3v) is 5.23. The van der Waals surface area contributed by atoms with Gasteiger partial charge in [0.1, 0.15) is 0 Å². The summed E-state index contributed by atoms with van der Waals surface area (Å²) in [6.07, 6.45) is -4.71. The number of rotatable bonds is 3. The fraction of sp³-hybridized carbons (Fsp3) is 0.417. The van der Waals surface area contributed by atoms with E-state index in [0.717, 1.165) is 16.4 Å². The molecule has 0 spiro atoms. The van der Waals surface area contributed by atoms with Crippen molar-refractivity contribution in [2.75, 3.05) is 13.1 Å². The zero-order chi connectivity index (χ0) is 15.8. The second kappa shape index (κ2) is 5.30. The summed E-state index contributed by atoms with van der Waals surface area (Å²) in [5.74, 6) is -2.05. The number of sulfonamides is 1. The summed E-state index contributed by atoms with van der Waals surface area (Å²) < 4.78 is 64.1. The molecule has 1 saturated heterocycles. The van der Waals surface area contributed by atoms with E-state index in [1.54, 1.807) is 0 Å². The van der Waals surface area contributed by atoms with E-state index >= 15 is 0 Å². The first-order valence-electron chi connectivity index (χ1n) is 6.03. The molecule has 1 fully saturated rings. The summed E-state index contributed by atoms with van der Waals surface area (Å²) in [6.45, 7) is -0.421. The molecule has 0 aliphatic carbocycles. The Hall–Kier alpha value is -1.61. The van der Waals surface area contributed by atoms with Crippen molar-refractivity contribution >= 4 is 16.0 Å². The molecule has 1 aliphatic rings. The van der Waals surface area contributed by atoms with E-state index < -0.39 is 38.5 Å². The summed E-state index contributed by atoms with van der Waals surface area (Å²) in [6, 6.07) is 3.88. The number of carbonyl (C=O) groups is 1. The molecule has 1 aromatic rings. The van der Waals surface area contributed by atoms with Crippen molar-refractivity contribution in [3.05, 3.63) is 29.8 Å². The average molecular weight is 323 g/mol. The first-order valence-corrected chi connectivity index (χ1v) is 7.47. The molecule has 1 atom stereocenters. The summed E-state index contributed by atoms with van der Waals surface area (Å²) >= 11 is 0. The lowest BCUT2D eigenvalue weighted by Gasteiger charge is -2.19. The van der Waals surface area contributed by atoms with E-state index in [4.69, 9.17) is 5.11 Å². The highest BCUT2D eigenvalue weighted by Crippen LogP contribution is 2.36. The normalized spacial score (nSPS) is 20.6. The number of carboxylic acid groups (broad SMARTS) is 1. The number of aliphatic carboxylic acids is 1. The van der Waals surface area contributed by atoms with Gasteiger partial charge in [0, 0.05) is 13.1 Å². The maximum Gasteiger partial charge on any atom is 0.417 e. The number of benzene rings is 1. The molecular weight excluding hydrogens is 311 g/mol. The molecule has 1 heterocycles. The van der Waals surface area contributed by atoms with Gasteiger partial charge in [-0.25, -0.2) is 8.42 Å². The number of halogens is 3. The molecule has 1 aliphatic heterocycles. The highest BCUT2D eigenvalue weighted by Gasteiger charge is 2.41. The molecule has 2 rings (SSSR count). The minimum atomic E-state index is -4.80.